The molecule has 3 aromatic rings. The van der Waals surface area contributed by atoms with Crippen LogP contribution in [0.25, 0.3) is 0 Å². The van der Waals surface area contributed by atoms with E-state index >= 15 is 0 Å². The summed E-state index contributed by atoms with van der Waals surface area (Å²) in [6.45, 7) is 0.418. The van der Waals surface area contributed by atoms with Crippen molar-refractivity contribution < 1.29 is 14.3 Å². The molecule has 0 saturated heterocycles. The second-order valence-corrected chi connectivity index (χ2v) is 6.25. The molecule has 0 aliphatic heterocycles. The number of rotatable bonds is 7. The summed E-state index contributed by atoms with van der Waals surface area (Å²) in [7, 11) is 3.07. The second-order valence-electron chi connectivity index (χ2n) is 5.27. The lowest BCUT2D eigenvalue weighted by Gasteiger charge is -2.18. The highest BCUT2D eigenvalue weighted by Crippen LogP contribution is 2.30. The molecule has 6 nitrogen and oxygen atoms in total. The Hall–Kier alpha value is -2.80. The molecule has 25 heavy (non-hydrogen) atoms. The minimum atomic E-state index is -0.218. The molecule has 1 aromatic carbocycles. The third-order valence-corrected chi connectivity index (χ3v) is 4.79. The first-order valence-corrected chi connectivity index (χ1v) is 8.64. The van der Waals surface area contributed by atoms with Crippen LogP contribution in [0.4, 0.5) is 0 Å². The van der Waals surface area contributed by atoms with E-state index in [2.05, 4.69) is 10.4 Å². The number of methoxy groups -OCH3 is 2. The Morgan fingerprint density at radius 3 is 2.76 bits per heavy atom. The predicted octanol–water partition coefficient (Wildman–Crippen LogP) is 2.98. The van der Waals surface area contributed by atoms with Crippen LogP contribution in [0.5, 0.6) is 11.5 Å². The molecule has 1 unspecified atom stereocenters. The number of thiophene rings is 1. The van der Waals surface area contributed by atoms with Gasteiger partial charge in [-0.3, -0.25) is 9.48 Å². The van der Waals surface area contributed by atoms with Crippen molar-refractivity contribution >= 4 is 17.2 Å². The molecule has 0 aliphatic rings. The molecule has 0 bridgehead atoms. The highest BCUT2D eigenvalue weighted by Gasteiger charge is 2.20. The van der Waals surface area contributed by atoms with Crippen LogP contribution in [-0.2, 0) is 0 Å². The summed E-state index contributed by atoms with van der Waals surface area (Å²) in [5, 5.41) is 9.30. The van der Waals surface area contributed by atoms with Gasteiger partial charge in [-0.25, -0.2) is 0 Å². The topological polar surface area (TPSA) is 65.4 Å². The lowest BCUT2D eigenvalue weighted by molar-refractivity contribution is 0.0945. The average molecular weight is 357 g/mol. The fourth-order valence-electron chi connectivity index (χ4n) is 2.62. The molecular formula is C18H19N3O3S. The van der Waals surface area contributed by atoms with E-state index in [1.165, 1.54) is 7.11 Å². The Balaban J connectivity index is 1.79. The molecule has 2 heterocycles. The summed E-state index contributed by atoms with van der Waals surface area (Å²) in [4.78, 5) is 13.8. The van der Waals surface area contributed by atoms with Crippen molar-refractivity contribution in [3.05, 3.63) is 64.6 Å². The molecule has 0 saturated carbocycles. The van der Waals surface area contributed by atoms with Crippen molar-refractivity contribution in [3.63, 3.8) is 0 Å². The first-order valence-electron chi connectivity index (χ1n) is 7.76. The Labute approximate surface area is 150 Å². The van der Waals surface area contributed by atoms with Gasteiger partial charge in [0.15, 0.2) is 11.5 Å². The van der Waals surface area contributed by atoms with Crippen molar-refractivity contribution in [2.75, 3.05) is 20.8 Å². The van der Waals surface area contributed by atoms with Gasteiger partial charge in [0, 0.05) is 23.8 Å². The summed E-state index contributed by atoms with van der Waals surface area (Å²) in [5.41, 5.74) is 0.437. The van der Waals surface area contributed by atoms with Crippen LogP contribution in [0.2, 0.25) is 0 Å². The maximum Gasteiger partial charge on any atom is 0.255 e. The molecule has 1 amide bonds. The van der Waals surface area contributed by atoms with Crippen LogP contribution in [0.1, 0.15) is 21.3 Å². The van der Waals surface area contributed by atoms with Crippen LogP contribution in [0, 0.1) is 0 Å². The Kier molecular flexibility index (Phi) is 5.35. The third kappa shape index (κ3) is 3.66. The lowest BCUT2D eigenvalue weighted by atomic mass is 10.1. The van der Waals surface area contributed by atoms with E-state index in [0.29, 0.717) is 23.6 Å². The molecule has 2 aromatic heterocycles. The normalized spacial score (nSPS) is 11.8. The molecule has 0 spiro atoms. The van der Waals surface area contributed by atoms with Crippen LogP contribution < -0.4 is 14.8 Å². The number of nitrogens with one attached hydrogen (secondary N) is 1. The van der Waals surface area contributed by atoms with E-state index in [-0.39, 0.29) is 11.9 Å². The molecule has 0 radical (unpaired) electrons. The molecule has 0 fully saturated rings. The molecule has 1 atom stereocenters. The Morgan fingerprint density at radius 2 is 2.12 bits per heavy atom. The number of carbonyl (C=O) groups excluding carboxylic acids is 1. The zero-order chi connectivity index (χ0) is 17.6. The van der Waals surface area contributed by atoms with E-state index < -0.39 is 0 Å². The monoisotopic (exact) mass is 357 g/mol. The number of ether oxygens (including phenoxy) is 2. The maximum atomic E-state index is 12.7. The number of para-hydroxylation sites is 1. The zero-order valence-corrected chi connectivity index (χ0v) is 14.8. The van der Waals surface area contributed by atoms with Crippen molar-refractivity contribution in [1.29, 1.82) is 0 Å². The first-order chi connectivity index (χ1) is 12.2. The fourth-order valence-corrected chi connectivity index (χ4v) is 3.44. The highest BCUT2D eigenvalue weighted by molar-refractivity contribution is 7.10. The summed E-state index contributed by atoms with van der Waals surface area (Å²) in [5.74, 6) is 0.732. The van der Waals surface area contributed by atoms with Gasteiger partial charge >= 0.3 is 0 Å². The van der Waals surface area contributed by atoms with E-state index in [9.17, 15) is 4.79 Å². The van der Waals surface area contributed by atoms with Gasteiger partial charge in [0.1, 0.15) is 6.04 Å². The number of nitrogens with zero attached hydrogens (tertiary/aromatic N) is 2. The predicted molar refractivity (Wildman–Crippen MR) is 96.6 cm³/mol. The molecule has 1 N–H and O–H groups in total. The minimum absolute atomic E-state index is 0.0597. The molecule has 130 valence electrons. The molecule has 0 aliphatic carbocycles. The van der Waals surface area contributed by atoms with Gasteiger partial charge in [-0.15, -0.1) is 11.3 Å². The van der Waals surface area contributed by atoms with E-state index in [4.69, 9.17) is 9.47 Å². The summed E-state index contributed by atoms with van der Waals surface area (Å²) in [6, 6.07) is 11.1. The standard InChI is InChI=1S/C18H19N3O3S/c1-23-15-7-3-6-13(17(15)24-2)18(22)19-12-14(16-8-4-11-25-16)21-10-5-9-20-21/h3-11,14H,12H2,1-2H3,(H,19,22). The van der Waals surface area contributed by atoms with Crippen molar-refractivity contribution in [2.45, 2.75) is 6.04 Å². The zero-order valence-electron chi connectivity index (χ0n) is 14.0. The van der Waals surface area contributed by atoms with Gasteiger partial charge < -0.3 is 14.8 Å². The second kappa shape index (κ2) is 7.85. The number of hydrogen-bond donors (Lipinski definition) is 1. The molecule has 3 rings (SSSR count). The van der Waals surface area contributed by atoms with Gasteiger partial charge in [-0.05, 0) is 29.6 Å². The van der Waals surface area contributed by atoms with E-state index in [0.717, 1.165) is 4.88 Å². The van der Waals surface area contributed by atoms with Gasteiger partial charge in [-0.2, -0.15) is 5.10 Å². The summed E-state index contributed by atoms with van der Waals surface area (Å²) < 4.78 is 12.4. The van der Waals surface area contributed by atoms with Crippen LogP contribution in [0.3, 0.4) is 0 Å². The lowest BCUT2D eigenvalue weighted by Crippen LogP contribution is -2.31. The number of benzene rings is 1. The Bertz CT molecular complexity index is 782. The molecular weight excluding hydrogens is 338 g/mol. The van der Waals surface area contributed by atoms with Gasteiger partial charge in [-0.1, -0.05) is 12.1 Å². The van der Waals surface area contributed by atoms with Crippen LogP contribution in [0.15, 0.2) is 54.2 Å². The molecule has 7 heteroatoms. The third-order valence-electron chi connectivity index (χ3n) is 3.82. The highest BCUT2D eigenvalue weighted by atomic mass is 32.1. The quantitative estimate of drug-likeness (QED) is 0.706. The largest absolute Gasteiger partial charge is 0.493 e. The number of carbonyl (C=O) groups is 1. The van der Waals surface area contributed by atoms with Crippen molar-refractivity contribution in [1.82, 2.24) is 15.1 Å². The Morgan fingerprint density at radius 1 is 1.24 bits per heavy atom. The van der Waals surface area contributed by atoms with E-state index in [1.807, 2.05) is 34.5 Å². The van der Waals surface area contributed by atoms with E-state index in [1.54, 1.807) is 42.8 Å². The maximum absolute atomic E-state index is 12.7. The summed E-state index contributed by atoms with van der Waals surface area (Å²) in [6.07, 6.45) is 3.62. The number of hydrogen-bond acceptors (Lipinski definition) is 5. The van der Waals surface area contributed by atoms with Gasteiger partial charge in [0.25, 0.3) is 5.91 Å². The smallest absolute Gasteiger partial charge is 0.255 e. The van der Waals surface area contributed by atoms with Crippen LogP contribution in [-0.4, -0.2) is 36.5 Å². The first kappa shape index (κ1) is 17.0. The SMILES string of the molecule is COc1cccc(C(=O)NCC(c2cccs2)n2cccn2)c1OC. The van der Waals surface area contributed by atoms with Crippen molar-refractivity contribution in [2.24, 2.45) is 0 Å². The number of aromatic nitrogens is 2. The van der Waals surface area contributed by atoms with Gasteiger partial charge in [0.05, 0.1) is 19.8 Å². The fraction of sp³-hybridized carbons (Fsp3) is 0.222. The minimum Gasteiger partial charge on any atom is -0.493 e. The average Bonchev–Trinajstić information content (AvgIpc) is 3.35. The van der Waals surface area contributed by atoms with Gasteiger partial charge in [0.2, 0.25) is 0 Å². The number of amides is 1. The van der Waals surface area contributed by atoms with Crippen LogP contribution >= 0.6 is 11.3 Å². The van der Waals surface area contributed by atoms with Crippen molar-refractivity contribution in [3.8, 4) is 11.5 Å². The summed E-state index contributed by atoms with van der Waals surface area (Å²) >= 11 is 1.63.